The van der Waals surface area contributed by atoms with Crippen molar-refractivity contribution in [1.82, 2.24) is 0 Å². The van der Waals surface area contributed by atoms with Crippen molar-refractivity contribution in [2.24, 2.45) is 0 Å². The summed E-state index contributed by atoms with van der Waals surface area (Å²) in [5.74, 6) is 0. The molecule has 0 nitrogen and oxygen atoms in total. The van der Waals surface area contributed by atoms with Gasteiger partial charge in [-0.05, 0) is 71.9 Å². The monoisotopic (exact) mass is 306 g/mol. The first-order valence-corrected chi connectivity index (χ1v) is 9.00. The molecule has 0 heteroatoms. The molecule has 0 amide bonds. The molecule has 22 heavy (non-hydrogen) atoms. The van der Waals surface area contributed by atoms with E-state index < -0.39 is 0 Å². The average Bonchev–Trinajstić information content (AvgIpc) is 2.38. The molecule has 1 aromatic rings. The third kappa shape index (κ3) is 5.14. The van der Waals surface area contributed by atoms with Gasteiger partial charge in [-0.2, -0.15) is 0 Å². The molecule has 0 radical (unpaired) electrons. The summed E-state index contributed by atoms with van der Waals surface area (Å²) in [6.45, 7) is 31.1. The van der Waals surface area contributed by atoms with Gasteiger partial charge in [0.05, 0.1) is 0 Å². The summed E-state index contributed by atoms with van der Waals surface area (Å²) in [6, 6.07) is 0. The van der Waals surface area contributed by atoms with E-state index in [1.807, 2.05) is 27.7 Å². The highest BCUT2D eigenvalue weighted by Crippen LogP contribution is 2.39. The molecule has 0 spiro atoms. The summed E-state index contributed by atoms with van der Waals surface area (Å²) < 4.78 is 0. The van der Waals surface area contributed by atoms with Crippen LogP contribution in [0, 0.1) is 27.7 Å². The van der Waals surface area contributed by atoms with Gasteiger partial charge in [0.2, 0.25) is 0 Å². The van der Waals surface area contributed by atoms with Crippen molar-refractivity contribution >= 4 is 0 Å². The van der Waals surface area contributed by atoms with Gasteiger partial charge in [0.25, 0.3) is 0 Å². The maximum atomic E-state index is 2.32. The van der Waals surface area contributed by atoms with E-state index in [4.69, 9.17) is 0 Å². The predicted molar refractivity (Wildman–Crippen MR) is 105 cm³/mol. The molecule has 0 saturated heterocycles. The minimum absolute atomic E-state index is 0.222. The van der Waals surface area contributed by atoms with Crippen LogP contribution in [-0.2, 0) is 10.8 Å². The van der Waals surface area contributed by atoms with Crippen LogP contribution in [0.4, 0.5) is 0 Å². The van der Waals surface area contributed by atoms with Crippen molar-refractivity contribution < 1.29 is 0 Å². The van der Waals surface area contributed by atoms with Crippen LogP contribution in [0.2, 0.25) is 0 Å². The van der Waals surface area contributed by atoms with Crippen LogP contribution in [0.25, 0.3) is 0 Å². The highest BCUT2D eigenvalue weighted by molar-refractivity contribution is 5.54. The van der Waals surface area contributed by atoms with Gasteiger partial charge in [-0.25, -0.2) is 0 Å². The van der Waals surface area contributed by atoms with Gasteiger partial charge in [0.1, 0.15) is 0 Å². The molecule has 0 bridgehead atoms. The van der Waals surface area contributed by atoms with Crippen LogP contribution in [-0.4, -0.2) is 0 Å². The molecule has 0 aliphatic carbocycles. The Balaban J connectivity index is 0. The fourth-order valence-corrected chi connectivity index (χ4v) is 3.56. The molecule has 1 rings (SSSR count). The molecule has 130 valence electrons. The third-order valence-electron chi connectivity index (χ3n) is 4.12. The average molecular weight is 307 g/mol. The topological polar surface area (TPSA) is 0 Å². The number of benzene rings is 1. The maximum absolute atomic E-state index is 2.32. The van der Waals surface area contributed by atoms with Gasteiger partial charge < -0.3 is 0 Å². The Kier molecular flexibility index (Phi) is 9.34. The minimum Gasteiger partial charge on any atom is -0.0683 e. The molecule has 0 saturated carbocycles. The maximum Gasteiger partial charge on any atom is -0.0126 e. The number of rotatable bonds is 0. The first-order valence-electron chi connectivity index (χ1n) is 9.00. The SMILES string of the molecule is CC.CC.Cc1c(C)c(C(C)(C)C)c(C)c(C)c1C(C)(C)C. The largest absolute Gasteiger partial charge is 0.0683 e. The third-order valence-corrected chi connectivity index (χ3v) is 4.12. The fourth-order valence-electron chi connectivity index (χ4n) is 3.56. The Hall–Kier alpha value is -0.780. The van der Waals surface area contributed by atoms with Crippen molar-refractivity contribution in [3.8, 4) is 0 Å². The summed E-state index contributed by atoms with van der Waals surface area (Å²) in [5.41, 5.74) is 9.44. The lowest BCUT2D eigenvalue weighted by Crippen LogP contribution is -2.22. The van der Waals surface area contributed by atoms with E-state index in [-0.39, 0.29) is 10.8 Å². The first kappa shape index (κ1) is 23.5. The van der Waals surface area contributed by atoms with Gasteiger partial charge in [-0.3, -0.25) is 0 Å². The molecule has 0 aliphatic heterocycles. The van der Waals surface area contributed by atoms with E-state index in [9.17, 15) is 0 Å². The Labute approximate surface area is 141 Å². The summed E-state index contributed by atoms with van der Waals surface area (Å²) in [5, 5.41) is 0. The van der Waals surface area contributed by atoms with E-state index in [1.165, 1.54) is 33.4 Å². The second kappa shape index (κ2) is 8.75. The number of hydrogen-bond donors (Lipinski definition) is 0. The second-order valence-electron chi connectivity index (χ2n) is 7.75. The van der Waals surface area contributed by atoms with Crippen molar-refractivity contribution in [3.05, 3.63) is 33.4 Å². The Morgan fingerprint density at radius 3 is 0.636 bits per heavy atom. The van der Waals surface area contributed by atoms with Gasteiger partial charge in [-0.15, -0.1) is 0 Å². The Morgan fingerprint density at radius 1 is 0.409 bits per heavy atom. The molecular formula is C22H42. The summed E-state index contributed by atoms with van der Waals surface area (Å²) in [6.07, 6.45) is 0. The van der Waals surface area contributed by atoms with E-state index in [1.54, 1.807) is 0 Å². The van der Waals surface area contributed by atoms with E-state index in [0.29, 0.717) is 0 Å². The first-order chi connectivity index (χ1) is 9.89. The molecule has 0 heterocycles. The van der Waals surface area contributed by atoms with Crippen LogP contribution in [0.3, 0.4) is 0 Å². The van der Waals surface area contributed by atoms with Gasteiger partial charge >= 0.3 is 0 Å². The van der Waals surface area contributed by atoms with Crippen molar-refractivity contribution in [2.45, 2.75) is 108 Å². The summed E-state index contributed by atoms with van der Waals surface area (Å²) in [7, 11) is 0. The molecule has 0 N–H and O–H groups in total. The van der Waals surface area contributed by atoms with E-state index in [0.717, 1.165) is 0 Å². The van der Waals surface area contributed by atoms with Gasteiger partial charge in [0, 0.05) is 0 Å². The van der Waals surface area contributed by atoms with Gasteiger partial charge in [0.15, 0.2) is 0 Å². The molecule has 0 unspecified atom stereocenters. The fraction of sp³-hybridized carbons (Fsp3) is 0.727. The Morgan fingerprint density at radius 2 is 0.545 bits per heavy atom. The molecule has 0 fully saturated rings. The zero-order valence-electron chi connectivity index (χ0n) is 18.0. The summed E-state index contributed by atoms with van der Waals surface area (Å²) >= 11 is 0. The quantitative estimate of drug-likeness (QED) is 0.463. The Bertz CT molecular complexity index is 388. The molecular weight excluding hydrogens is 264 g/mol. The van der Waals surface area contributed by atoms with Crippen molar-refractivity contribution in [3.63, 3.8) is 0 Å². The molecule has 1 aromatic carbocycles. The summed E-state index contributed by atoms with van der Waals surface area (Å²) in [4.78, 5) is 0. The predicted octanol–water partition coefficient (Wildman–Crippen LogP) is 7.57. The smallest absolute Gasteiger partial charge is 0.0126 e. The molecule has 0 aliphatic rings. The van der Waals surface area contributed by atoms with Crippen molar-refractivity contribution in [1.29, 1.82) is 0 Å². The van der Waals surface area contributed by atoms with Crippen LogP contribution in [0.15, 0.2) is 0 Å². The van der Waals surface area contributed by atoms with E-state index >= 15 is 0 Å². The number of hydrogen-bond acceptors (Lipinski definition) is 0. The highest BCUT2D eigenvalue weighted by Gasteiger charge is 2.27. The zero-order valence-corrected chi connectivity index (χ0v) is 18.0. The lowest BCUT2D eigenvalue weighted by atomic mass is 9.72. The van der Waals surface area contributed by atoms with Crippen LogP contribution >= 0.6 is 0 Å². The second-order valence-corrected chi connectivity index (χ2v) is 7.75. The van der Waals surface area contributed by atoms with E-state index in [2.05, 4.69) is 69.2 Å². The highest BCUT2D eigenvalue weighted by atomic mass is 14.3. The lowest BCUT2D eigenvalue weighted by molar-refractivity contribution is 0.561. The minimum atomic E-state index is 0.222. The van der Waals surface area contributed by atoms with Crippen LogP contribution in [0.5, 0.6) is 0 Å². The normalized spacial score (nSPS) is 11.2. The lowest BCUT2D eigenvalue weighted by Gasteiger charge is -2.33. The van der Waals surface area contributed by atoms with Crippen molar-refractivity contribution in [2.75, 3.05) is 0 Å². The van der Waals surface area contributed by atoms with Gasteiger partial charge in [-0.1, -0.05) is 69.2 Å². The standard InChI is InChI=1S/C18H30.2C2H6/c1-11-12(2)16(18(8,9)10)14(4)13(3)15(11)17(5,6)7;2*1-2/h1-10H3;2*1-2H3. The van der Waals surface area contributed by atoms with Crippen LogP contribution < -0.4 is 0 Å². The zero-order chi connectivity index (χ0) is 18.5. The molecule has 0 aromatic heterocycles. The molecule has 0 atom stereocenters. The van der Waals surface area contributed by atoms with Crippen LogP contribution in [0.1, 0.15) is 103 Å².